The Hall–Kier alpha value is -2.06. The Morgan fingerprint density at radius 3 is 2.58 bits per heavy atom. The molecule has 0 atom stereocenters. The maximum absolute atomic E-state index is 11.1. The van der Waals surface area contributed by atoms with Crippen LogP contribution in [-0.2, 0) is 0 Å². The van der Waals surface area contributed by atoms with Crippen molar-refractivity contribution in [1.29, 1.82) is 5.26 Å². The Morgan fingerprint density at radius 2 is 2.05 bits per heavy atom. The summed E-state index contributed by atoms with van der Waals surface area (Å²) in [4.78, 5) is 11.1. The van der Waals surface area contributed by atoms with Crippen LogP contribution in [0.3, 0.4) is 0 Å². The molecule has 4 nitrogen and oxygen atoms in total. The van der Waals surface area contributed by atoms with Crippen molar-refractivity contribution in [3.8, 4) is 11.8 Å². The standard InChI is InChI=1S/C14H11BrN2O2/c1-8-5-12(14(18)19)9(2)17(8)13-4-3-11(15)6-10(13)7-16/h3-6H,1-2H3,(H,18,19). The van der Waals surface area contributed by atoms with E-state index < -0.39 is 5.97 Å². The zero-order chi connectivity index (χ0) is 14.2. The number of nitrogens with zero attached hydrogens (tertiary/aromatic N) is 2. The highest BCUT2D eigenvalue weighted by molar-refractivity contribution is 9.10. The van der Waals surface area contributed by atoms with Crippen LogP contribution in [0.2, 0.25) is 0 Å². The van der Waals surface area contributed by atoms with Crippen LogP contribution in [0.1, 0.15) is 27.3 Å². The topological polar surface area (TPSA) is 66.0 Å². The van der Waals surface area contributed by atoms with E-state index in [-0.39, 0.29) is 5.56 Å². The number of hydrogen-bond donors (Lipinski definition) is 1. The summed E-state index contributed by atoms with van der Waals surface area (Å²) in [5.74, 6) is -0.963. The average molecular weight is 319 g/mol. The molecule has 0 radical (unpaired) electrons. The fraction of sp³-hybridized carbons (Fsp3) is 0.143. The number of carboxylic acid groups (broad SMARTS) is 1. The van der Waals surface area contributed by atoms with Crippen molar-refractivity contribution >= 4 is 21.9 Å². The van der Waals surface area contributed by atoms with E-state index in [0.29, 0.717) is 16.9 Å². The van der Waals surface area contributed by atoms with Gasteiger partial charge in [-0.15, -0.1) is 0 Å². The quantitative estimate of drug-likeness (QED) is 0.922. The molecule has 2 rings (SSSR count). The monoisotopic (exact) mass is 318 g/mol. The van der Waals surface area contributed by atoms with E-state index in [1.54, 1.807) is 29.7 Å². The number of halogens is 1. The van der Waals surface area contributed by atoms with Crippen molar-refractivity contribution in [3.63, 3.8) is 0 Å². The molecule has 0 bridgehead atoms. The predicted octanol–water partition coefficient (Wildman–Crippen LogP) is 3.43. The van der Waals surface area contributed by atoms with Crippen LogP contribution < -0.4 is 0 Å². The average Bonchev–Trinajstić information content (AvgIpc) is 2.65. The molecule has 1 aromatic heterocycles. The highest BCUT2D eigenvalue weighted by Gasteiger charge is 2.17. The number of aryl methyl sites for hydroxylation is 1. The summed E-state index contributed by atoms with van der Waals surface area (Å²) in [5, 5.41) is 18.3. The zero-order valence-corrected chi connectivity index (χ0v) is 12.0. The molecule has 0 aliphatic heterocycles. The van der Waals surface area contributed by atoms with Gasteiger partial charge in [-0.1, -0.05) is 15.9 Å². The SMILES string of the molecule is Cc1cc(C(=O)O)c(C)n1-c1ccc(Br)cc1C#N. The molecular formula is C14H11BrN2O2. The number of carboxylic acids is 1. The van der Waals surface area contributed by atoms with Gasteiger partial charge in [0.15, 0.2) is 0 Å². The Kier molecular flexibility index (Phi) is 3.45. The Labute approximate surface area is 119 Å². The van der Waals surface area contributed by atoms with Gasteiger partial charge in [0.2, 0.25) is 0 Å². The number of nitriles is 1. The third-order valence-electron chi connectivity index (χ3n) is 2.98. The molecule has 0 spiro atoms. The van der Waals surface area contributed by atoms with Gasteiger partial charge in [0.1, 0.15) is 6.07 Å². The molecular weight excluding hydrogens is 308 g/mol. The predicted molar refractivity (Wildman–Crippen MR) is 74.6 cm³/mol. The molecule has 0 saturated heterocycles. The summed E-state index contributed by atoms with van der Waals surface area (Å²) in [7, 11) is 0. The van der Waals surface area contributed by atoms with E-state index >= 15 is 0 Å². The van der Waals surface area contributed by atoms with Crippen molar-refractivity contribution < 1.29 is 9.90 Å². The Morgan fingerprint density at radius 1 is 1.37 bits per heavy atom. The highest BCUT2D eigenvalue weighted by Crippen LogP contribution is 2.25. The normalized spacial score (nSPS) is 10.2. The van der Waals surface area contributed by atoms with Crippen LogP contribution in [-0.4, -0.2) is 15.6 Å². The summed E-state index contributed by atoms with van der Waals surface area (Å²) < 4.78 is 2.60. The van der Waals surface area contributed by atoms with Gasteiger partial charge in [0.05, 0.1) is 16.8 Å². The van der Waals surface area contributed by atoms with Gasteiger partial charge in [-0.05, 0) is 38.1 Å². The van der Waals surface area contributed by atoms with Crippen LogP contribution in [0.15, 0.2) is 28.7 Å². The molecule has 0 unspecified atom stereocenters. The second-order valence-electron chi connectivity index (χ2n) is 4.20. The molecule has 2 aromatic rings. The number of hydrogen-bond acceptors (Lipinski definition) is 2. The second-order valence-corrected chi connectivity index (χ2v) is 5.11. The summed E-state index contributed by atoms with van der Waals surface area (Å²) in [6.45, 7) is 3.56. The molecule has 0 amide bonds. The third kappa shape index (κ3) is 2.27. The molecule has 1 N–H and O–H groups in total. The lowest BCUT2D eigenvalue weighted by atomic mass is 10.2. The lowest BCUT2D eigenvalue weighted by molar-refractivity contribution is 0.0696. The maximum atomic E-state index is 11.1. The van der Waals surface area contributed by atoms with Crippen molar-refractivity contribution in [1.82, 2.24) is 4.57 Å². The Bertz CT molecular complexity index is 711. The zero-order valence-electron chi connectivity index (χ0n) is 10.4. The Balaban J connectivity index is 2.73. The molecule has 0 fully saturated rings. The van der Waals surface area contributed by atoms with Gasteiger partial charge in [0, 0.05) is 15.9 Å². The minimum Gasteiger partial charge on any atom is -0.478 e. The first-order valence-corrected chi connectivity index (χ1v) is 6.37. The largest absolute Gasteiger partial charge is 0.478 e. The summed E-state index contributed by atoms with van der Waals surface area (Å²) in [6.07, 6.45) is 0. The van der Waals surface area contributed by atoms with E-state index in [4.69, 9.17) is 5.11 Å². The second kappa shape index (κ2) is 4.90. The molecule has 0 aliphatic carbocycles. The van der Waals surface area contributed by atoms with Gasteiger partial charge in [-0.25, -0.2) is 4.79 Å². The van der Waals surface area contributed by atoms with Crippen LogP contribution in [0.25, 0.3) is 5.69 Å². The van der Waals surface area contributed by atoms with Crippen molar-refractivity contribution in [2.24, 2.45) is 0 Å². The van der Waals surface area contributed by atoms with Gasteiger partial charge < -0.3 is 9.67 Å². The molecule has 19 heavy (non-hydrogen) atoms. The highest BCUT2D eigenvalue weighted by atomic mass is 79.9. The fourth-order valence-electron chi connectivity index (χ4n) is 2.14. The molecule has 0 saturated carbocycles. The fourth-order valence-corrected chi connectivity index (χ4v) is 2.50. The van der Waals surface area contributed by atoms with Crippen molar-refractivity contribution in [2.45, 2.75) is 13.8 Å². The van der Waals surface area contributed by atoms with E-state index in [9.17, 15) is 10.1 Å². The maximum Gasteiger partial charge on any atom is 0.337 e. The van der Waals surface area contributed by atoms with Gasteiger partial charge in [0.25, 0.3) is 0 Å². The minimum atomic E-state index is -0.963. The molecule has 1 aromatic carbocycles. The van der Waals surface area contributed by atoms with Crippen LogP contribution in [0, 0.1) is 25.2 Å². The summed E-state index contributed by atoms with van der Waals surface area (Å²) in [6, 6.07) is 9.09. The van der Waals surface area contributed by atoms with Gasteiger partial charge in [-0.2, -0.15) is 5.26 Å². The lowest BCUT2D eigenvalue weighted by Crippen LogP contribution is -2.04. The first-order valence-electron chi connectivity index (χ1n) is 5.58. The molecule has 5 heteroatoms. The van der Waals surface area contributed by atoms with E-state index in [1.807, 2.05) is 13.0 Å². The van der Waals surface area contributed by atoms with E-state index in [2.05, 4.69) is 22.0 Å². The number of rotatable bonds is 2. The minimum absolute atomic E-state index is 0.254. The first kappa shape index (κ1) is 13.4. The van der Waals surface area contributed by atoms with Crippen LogP contribution in [0.5, 0.6) is 0 Å². The number of benzene rings is 1. The number of aromatic nitrogens is 1. The van der Waals surface area contributed by atoms with E-state index in [1.165, 1.54) is 0 Å². The molecule has 96 valence electrons. The third-order valence-corrected chi connectivity index (χ3v) is 3.47. The number of aromatic carboxylic acids is 1. The van der Waals surface area contributed by atoms with Crippen LogP contribution >= 0.6 is 15.9 Å². The number of carbonyl (C=O) groups is 1. The smallest absolute Gasteiger partial charge is 0.337 e. The van der Waals surface area contributed by atoms with Crippen molar-refractivity contribution in [2.75, 3.05) is 0 Å². The van der Waals surface area contributed by atoms with Gasteiger partial charge in [-0.3, -0.25) is 0 Å². The summed E-state index contributed by atoms with van der Waals surface area (Å²) >= 11 is 3.32. The molecule has 1 heterocycles. The van der Waals surface area contributed by atoms with Gasteiger partial charge >= 0.3 is 5.97 Å². The molecule has 0 aliphatic rings. The first-order chi connectivity index (χ1) is 8.95. The summed E-state index contributed by atoms with van der Waals surface area (Å²) in [5.41, 5.74) is 2.84. The lowest BCUT2D eigenvalue weighted by Gasteiger charge is -2.11. The van der Waals surface area contributed by atoms with E-state index in [0.717, 1.165) is 10.2 Å². The van der Waals surface area contributed by atoms with Crippen molar-refractivity contribution in [3.05, 3.63) is 51.3 Å². The van der Waals surface area contributed by atoms with Crippen LogP contribution in [0.4, 0.5) is 0 Å².